The van der Waals surface area contributed by atoms with Crippen LogP contribution in [0, 0.1) is 5.82 Å². The third kappa shape index (κ3) is 2.74. The molecule has 0 spiro atoms. The van der Waals surface area contributed by atoms with Crippen LogP contribution in [-0.4, -0.2) is 31.0 Å². The van der Waals surface area contributed by atoms with E-state index in [0.29, 0.717) is 22.5 Å². The fourth-order valence-corrected chi connectivity index (χ4v) is 2.13. The summed E-state index contributed by atoms with van der Waals surface area (Å²) < 4.78 is 15.4. The highest BCUT2D eigenvalue weighted by molar-refractivity contribution is 5.81. The van der Waals surface area contributed by atoms with Crippen molar-refractivity contribution in [3.8, 4) is 0 Å². The fraction of sp³-hybridized carbons (Fsp3) is 0.333. The van der Waals surface area contributed by atoms with Crippen molar-refractivity contribution < 1.29 is 4.39 Å². The van der Waals surface area contributed by atoms with Gasteiger partial charge in [0.1, 0.15) is 12.1 Å². The first-order chi connectivity index (χ1) is 10.7. The van der Waals surface area contributed by atoms with E-state index in [2.05, 4.69) is 39.4 Å². The molecule has 0 fully saturated rings. The van der Waals surface area contributed by atoms with Gasteiger partial charge in [-0.05, 0) is 19.4 Å². The minimum Gasteiger partial charge on any atom is -0.366 e. The molecule has 6 nitrogen and oxygen atoms in total. The predicted molar refractivity (Wildman–Crippen MR) is 82.0 cm³/mol. The van der Waals surface area contributed by atoms with Crippen LogP contribution in [0.4, 0.5) is 10.2 Å². The average Bonchev–Trinajstić information content (AvgIpc) is 2.94. The third-order valence-electron chi connectivity index (χ3n) is 3.57. The van der Waals surface area contributed by atoms with E-state index in [1.807, 2.05) is 0 Å². The van der Waals surface area contributed by atoms with Gasteiger partial charge in [0, 0.05) is 11.6 Å². The molecule has 0 saturated carbocycles. The average molecular weight is 300 g/mol. The summed E-state index contributed by atoms with van der Waals surface area (Å²) in [5.41, 5.74) is 1.73. The number of rotatable bonds is 5. The summed E-state index contributed by atoms with van der Waals surface area (Å²) >= 11 is 0. The number of halogens is 1. The Morgan fingerprint density at radius 1 is 1.27 bits per heavy atom. The predicted octanol–water partition coefficient (Wildman–Crippen LogP) is 2.62. The third-order valence-corrected chi connectivity index (χ3v) is 3.57. The lowest BCUT2D eigenvalue weighted by Gasteiger charge is -2.11. The van der Waals surface area contributed by atoms with E-state index in [0.717, 1.165) is 6.42 Å². The standard InChI is InChI=1S/C15H17FN6/c1-3-10(2)19-14-13-15(18-9-17-14)22(21-20-13)8-11-6-4-5-7-12(11)16/h4-7,9-10H,3,8H2,1-2H3,(H,17,18,19)/t10-/m0/s1. The Morgan fingerprint density at radius 2 is 2.09 bits per heavy atom. The Balaban J connectivity index is 1.96. The van der Waals surface area contributed by atoms with E-state index >= 15 is 0 Å². The number of hydrogen-bond donors (Lipinski definition) is 1. The second-order valence-corrected chi connectivity index (χ2v) is 5.19. The van der Waals surface area contributed by atoms with Crippen LogP contribution < -0.4 is 5.32 Å². The molecule has 7 heteroatoms. The molecule has 1 atom stereocenters. The van der Waals surface area contributed by atoms with Crippen LogP contribution in [0.25, 0.3) is 11.2 Å². The molecule has 3 rings (SSSR count). The summed E-state index contributed by atoms with van der Waals surface area (Å²) in [5.74, 6) is 0.386. The highest BCUT2D eigenvalue weighted by atomic mass is 19.1. The molecule has 114 valence electrons. The van der Waals surface area contributed by atoms with Gasteiger partial charge in [0.15, 0.2) is 17.0 Å². The molecule has 0 aliphatic heterocycles. The van der Waals surface area contributed by atoms with Gasteiger partial charge in [0.2, 0.25) is 0 Å². The van der Waals surface area contributed by atoms with Crippen molar-refractivity contribution in [2.24, 2.45) is 0 Å². The number of fused-ring (bicyclic) bond motifs is 1. The summed E-state index contributed by atoms with van der Waals surface area (Å²) in [6, 6.07) is 6.88. The van der Waals surface area contributed by atoms with Crippen molar-refractivity contribution in [2.45, 2.75) is 32.9 Å². The van der Waals surface area contributed by atoms with Crippen LogP contribution in [0.3, 0.4) is 0 Å². The number of hydrogen-bond acceptors (Lipinski definition) is 5. The molecule has 22 heavy (non-hydrogen) atoms. The summed E-state index contributed by atoms with van der Waals surface area (Å²) in [5, 5.41) is 11.5. The first-order valence-electron chi connectivity index (χ1n) is 7.23. The van der Waals surface area contributed by atoms with Crippen molar-refractivity contribution in [1.29, 1.82) is 0 Å². The molecule has 1 N–H and O–H groups in total. The van der Waals surface area contributed by atoms with Gasteiger partial charge in [-0.1, -0.05) is 30.3 Å². The van der Waals surface area contributed by atoms with Gasteiger partial charge in [-0.2, -0.15) is 0 Å². The van der Waals surface area contributed by atoms with Crippen LogP contribution in [0.5, 0.6) is 0 Å². The fourth-order valence-electron chi connectivity index (χ4n) is 2.13. The molecule has 0 amide bonds. The van der Waals surface area contributed by atoms with E-state index in [1.54, 1.807) is 22.9 Å². The zero-order chi connectivity index (χ0) is 15.5. The van der Waals surface area contributed by atoms with Crippen LogP contribution in [0.1, 0.15) is 25.8 Å². The van der Waals surface area contributed by atoms with E-state index < -0.39 is 0 Å². The van der Waals surface area contributed by atoms with E-state index in [9.17, 15) is 4.39 Å². The largest absolute Gasteiger partial charge is 0.366 e. The maximum Gasteiger partial charge on any atom is 0.184 e. The number of benzene rings is 1. The van der Waals surface area contributed by atoms with Gasteiger partial charge in [0.05, 0.1) is 6.54 Å². The van der Waals surface area contributed by atoms with Crippen LogP contribution in [-0.2, 0) is 6.54 Å². The van der Waals surface area contributed by atoms with Gasteiger partial charge in [-0.3, -0.25) is 0 Å². The Bertz CT molecular complexity index is 785. The van der Waals surface area contributed by atoms with Crippen LogP contribution in [0.15, 0.2) is 30.6 Å². The molecule has 1 aromatic carbocycles. The molecular weight excluding hydrogens is 283 g/mol. The van der Waals surface area contributed by atoms with Crippen molar-refractivity contribution in [3.05, 3.63) is 42.0 Å². The van der Waals surface area contributed by atoms with E-state index in [1.165, 1.54) is 12.4 Å². The molecule has 2 heterocycles. The number of nitrogens with one attached hydrogen (secondary N) is 1. The molecule has 0 bridgehead atoms. The minimum absolute atomic E-state index is 0.266. The van der Waals surface area contributed by atoms with Crippen LogP contribution in [0.2, 0.25) is 0 Å². The normalized spacial score (nSPS) is 12.5. The van der Waals surface area contributed by atoms with Crippen molar-refractivity contribution in [2.75, 3.05) is 5.32 Å². The van der Waals surface area contributed by atoms with Crippen molar-refractivity contribution in [3.63, 3.8) is 0 Å². The molecular formula is C15H17FN6. The van der Waals surface area contributed by atoms with Crippen molar-refractivity contribution in [1.82, 2.24) is 25.0 Å². The topological polar surface area (TPSA) is 68.5 Å². The quantitative estimate of drug-likeness (QED) is 0.784. The summed E-state index contributed by atoms with van der Waals surface area (Å²) in [4.78, 5) is 8.45. The van der Waals surface area contributed by atoms with E-state index in [4.69, 9.17) is 0 Å². The SMILES string of the molecule is CC[C@H](C)Nc1ncnc2c1nnn2Cc1ccccc1F. The molecule has 3 aromatic rings. The molecule has 0 radical (unpaired) electrons. The molecule has 0 saturated heterocycles. The first kappa shape index (κ1) is 14.4. The second kappa shape index (κ2) is 6.05. The monoisotopic (exact) mass is 300 g/mol. The summed E-state index contributed by atoms with van der Waals surface area (Å²) in [7, 11) is 0. The minimum atomic E-state index is -0.266. The Morgan fingerprint density at radius 3 is 2.86 bits per heavy atom. The molecule has 2 aromatic heterocycles. The maximum absolute atomic E-state index is 13.8. The highest BCUT2D eigenvalue weighted by Crippen LogP contribution is 2.18. The Hall–Kier alpha value is -2.57. The smallest absolute Gasteiger partial charge is 0.184 e. The summed E-state index contributed by atoms with van der Waals surface area (Å²) in [6.45, 7) is 4.44. The number of aromatic nitrogens is 5. The van der Waals surface area contributed by atoms with Gasteiger partial charge in [-0.25, -0.2) is 19.0 Å². The number of anilines is 1. The molecule has 0 aliphatic rings. The zero-order valence-electron chi connectivity index (χ0n) is 12.5. The zero-order valence-corrected chi connectivity index (χ0v) is 12.5. The molecule has 0 unspecified atom stereocenters. The van der Waals surface area contributed by atoms with Gasteiger partial charge < -0.3 is 5.32 Å². The maximum atomic E-state index is 13.8. The second-order valence-electron chi connectivity index (χ2n) is 5.19. The first-order valence-corrected chi connectivity index (χ1v) is 7.23. The lowest BCUT2D eigenvalue weighted by atomic mass is 10.2. The lowest BCUT2D eigenvalue weighted by molar-refractivity contribution is 0.582. The van der Waals surface area contributed by atoms with Gasteiger partial charge in [-0.15, -0.1) is 5.10 Å². The lowest BCUT2D eigenvalue weighted by Crippen LogP contribution is -2.15. The van der Waals surface area contributed by atoms with Gasteiger partial charge in [0.25, 0.3) is 0 Å². The Kier molecular flexibility index (Phi) is 3.95. The highest BCUT2D eigenvalue weighted by Gasteiger charge is 2.14. The van der Waals surface area contributed by atoms with Gasteiger partial charge >= 0.3 is 0 Å². The van der Waals surface area contributed by atoms with E-state index in [-0.39, 0.29) is 18.4 Å². The Labute approximate surface area is 127 Å². The van der Waals surface area contributed by atoms with Crippen molar-refractivity contribution >= 4 is 17.0 Å². The number of nitrogens with zero attached hydrogens (tertiary/aromatic N) is 5. The summed E-state index contributed by atoms with van der Waals surface area (Å²) in [6.07, 6.45) is 2.43. The van der Waals surface area contributed by atoms with Crippen LogP contribution >= 0.6 is 0 Å². The molecule has 0 aliphatic carbocycles.